The van der Waals surface area contributed by atoms with Crippen LogP contribution in [0.5, 0.6) is 0 Å². The molecule has 0 aliphatic rings. The van der Waals surface area contributed by atoms with Gasteiger partial charge in [-0.15, -0.1) is 0 Å². The predicted molar refractivity (Wildman–Crippen MR) is 224 cm³/mol. The van der Waals surface area contributed by atoms with Crippen molar-refractivity contribution in [2.75, 3.05) is 0 Å². The second kappa shape index (κ2) is 12.5. The Bertz CT molecular complexity index is 2900. The molecule has 0 nitrogen and oxygen atoms in total. The van der Waals surface area contributed by atoms with Crippen LogP contribution in [-0.4, -0.2) is 0 Å². The molecule has 0 aliphatic carbocycles. The van der Waals surface area contributed by atoms with Gasteiger partial charge in [0.2, 0.25) is 0 Å². The van der Waals surface area contributed by atoms with Crippen molar-refractivity contribution in [3.8, 4) is 55.6 Å². The Balaban J connectivity index is 1.28. The summed E-state index contributed by atoms with van der Waals surface area (Å²) in [5.74, 6) is 0. The van der Waals surface area contributed by atoms with Crippen molar-refractivity contribution in [3.63, 3.8) is 0 Å². The first-order chi connectivity index (χ1) is 25.8. The molecule has 242 valence electrons. The molecule has 52 heavy (non-hydrogen) atoms. The van der Waals surface area contributed by atoms with E-state index in [1.807, 2.05) is 0 Å². The second-order valence-electron chi connectivity index (χ2n) is 13.7. The lowest BCUT2D eigenvalue weighted by Gasteiger charge is -2.18. The van der Waals surface area contributed by atoms with E-state index in [1.165, 1.54) is 98.7 Å². The molecule has 0 fully saturated rings. The largest absolute Gasteiger partial charge is 0.0622 e. The summed E-state index contributed by atoms with van der Waals surface area (Å²) in [6, 6.07) is 75.7. The maximum atomic E-state index is 2.45. The Kier molecular flexibility index (Phi) is 7.25. The lowest BCUT2D eigenvalue weighted by atomic mass is 9.85. The van der Waals surface area contributed by atoms with Crippen molar-refractivity contribution >= 4 is 43.1 Å². The van der Waals surface area contributed by atoms with Crippen LogP contribution in [-0.2, 0) is 0 Å². The molecule has 0 amide bonds. The third-order valence-corrected chi connectivity index (χ3v) is 10.6. The molecule has 0 N–H and O–H groups in total. The maximum Gasteiger partial charge on any atom is -0.00923 e. The fourth-order valence-corrected chi connectivity index (χ4v) is 7.98. The van der Waals surface area contributed by atoms with Gasteiger partial charge in [-0.2, -0.15) is 0 Å². The minimum atomic E-state index is 1.21. The van der Waals surface area contributed by atoms with Crippen molar-refractivity contribution in [2.24, 2.45) is 0 Å². The molecule has 10 aromatic rings. The summed E-state index contributed by atoms with van der Waals surface area (Å²) in [7, 11) is 0. The quantitative estimate of drug-likeness (QED) is 0.161. The molecule has 0 aromatic heterocycles. The SMILES string of the molecule is c1ccc(-c2ccc(-c3cc4c5ccc(-c6ccccc6)cc5c(-c5ccc6ccccc6c5)cc4c4ccc(-c5ccccc5)cc34)cc2)cc1. The minimum Gasteiger partial charge on any atom is -0.0622 e. The van der Waals surface area contributed by atoms with Crippen LogP contribution in [0, 0.1) is 0 Å². The molecular weight excluding hydrogens is 625 g/mol. The zero-order valence-electron chi connectivity index (χ0n) is 28.6. The van der Waals surface area contributed by atoms with Crippen molar-refractivity contribution in [2.45, 2.75) is 0 Å². The molecule has 0 unspecified atom stereocenters. The van der Waals surface area contributed by atoms with Crippen LogP contribution >= 0.6 is 0 Å². The number of benzene rings is 10. The van der Waals surface area contributed by atoms with Gasteiger partial charge in [0.05, 0.1) is 0 Å². The second-order valence-corrected chi connectivity index (χ2v) is 13.7. The number of rotatable bonds is 5. The van der Waals surface area contributed by atoms with Gasteiger partial charge in [0.15, 0.2) is 0 Å². The zero-order chi connectivity index (χ0) is 34.4. The average Bonchev–Trinajstić information content (AvgIpc) is 3.23. The van der Waals surface area contributed by atoms with Crippen LogP contribution < -0.4 is 0 Å². The summed E-state index contributed by atoms with van der Waals surface area (Å²) < 4.78 is 0. The van der Waals surface area contributed by atoms with Crippen LogP contribution in [0.15, 0.2) is 206 Å². The van der Waals surface area contributed by atoms with E-state index in [0.29, 0.717) is 0 Å². The van der Waals surface area contributed by atoms with Gasteiger partial charge in [0, 0.05) is 0 Å². The van der Waals surface area contributed by atoms with E-state index in [1.54, 1.807) is 0 Å². The first-order valence-corrected chi connectivity index (χ1v) is 18.0. The lowest BCUT2D eigenvalue weighted by Crippen LogP contribution is -1.91. The van der Waals surface area contributed by atoms with Gasteiger partial charge in [0.1, 0.15) is 0 Å². The average molecular weight is 659 g/mol. The summed E-state index contributed by atoms with van der Waals surface area (Å²) in [6.07, 6.45) is 0. The Labute approximate surface area is 303 Å². The van der Waals surface area contributed by atoms with Gasteiger partial charge in [-0.25, -0.2) is 0 Å². The number of hydrogen-bond donors (Lipinski definition) is 0. The highest BCUT2D eigenvalue weighted by molar-refractivity contribution is 6.24. The van der Waals surface area contributed by atoms with E-state index in [0.717, 1.165) is 0 Å². The fraction of sp³-hybridized carbons (Fsp3) is 0. The molecule has 0 heterocycles. The Morgan fingerprint density at radius 2 is 0.558 bits per heavy atom. The molecule has 0 atom stereocenters. The van der Waals surface area contributed by atoms with Crippen LogP contribution in [0.25, 0.3) is 98.7 Å². The highest BCUT2D eigenvalue weighted by atomic mass is 14.2. The smallest absolute Gasteiger partial charge is 0.00923 e. The van der Waals surface area contributed by atoms with Crippen molar-refractivity contribution in [3.05, 3.63) is 206 Å². The van der Waals surface area contributed by atoms with Crippen LogP contribution in [0.3, 0.4) is 0 Å². The van der Waals surface area contributed by atoms with Crippen LogP contribution in [0.4, 0.5) is 0 Å². The maximum absolute atomic E-state index is 2.45. The first kappa shape index (κ1) is 30.1. The molecule has 10 aromatic carbocycles. The van der Waals surface area contributed by atoms with E-state index in [-0.39, 0.29) is 0 Å². The van der Waals surface area contributed by atoms with Gasteiger partial charge in [-0.3, -0.25) is 0 Å². The van der Waals surface area contributed by atoms with Gasteiger partial charge in [-0.05, 0) is 129 Å². The molecule has 0 saturated heterocycles. The monoisotopic (exact) mass is 658 g/mol. The Morgan fingerprint density at radius 1 is 0.173 bits per heavy atom. The summed E-state index contributed by atoms with van der Waals surface area (Å²) in [5.41, 5.74) is 12.3. The van der Waals surface area contributed by atoms with Crippen LogP contribution in [0.2, 0.25) is 0 Å². The third kappa shape index (κ3) is 5.25. The van der Waals surface area contributed by atoms with Crippen molar-refractivity contribution in [1.29, 1.82) is 0 Å². The Morgan fingerprint density at radius 3 is 1.10 bits per heavy atom. The van der Waals surface area contributed by atoms with Crippen molar-refractivity contribution in [1.82, 2.24) is 0 Å². The van der Waals surface area contributed by atoms with E-state index >= 15 is 0 Å². The van der Waals surface area contributed by atoms with E-state index in [9.17, 15) is 0 Å². The van der Waals surface area contributed by atoms with Gasteiger partial charge >= 0.3 is 0 Å². The lowest BCUT2D eigenvalue weighted by molar-refractivity contribution is 1.61. The first-order valence-electron chi connectivity index (χ1n) is 18.0. The standard InChI is InChI=1S/C52H34/c1-4-12-35(13-5-1)39-20-23-40(24-21-39)47-33-51-46-29-27-43(37-16-8-3-9-17-37)32-50(46)48(44-25-22-38-18-10-11-19-41(38)30-44)34-52(51)45-28-26-42(31-49(45)47)36-14-6-2-7-15-36/h1-34H. The zero-order valence-corrected chi connectivity index (χ0v) is 28.6. The van der Waals surface area contributed by atoms with E-state index in [2.05, 4.69) is 206 Å². The molecule has 10 rings (SSSR count). The molecule has 0 aliphatic heterocycles. The predicted octanol–water partition coefficient (Wildman–Crippen LogP) is 14.6. The minimum absolute atomic E-state index is 1.21. The van der Waals surface area contributed by atoms with Gasteiger partial charge in [0.25, 0.3) is 0 Å². The van der Waals surface area contributed by atoms with E-state index in [4.69, 9.17) is 0 Å². The van der Waals surface area contributed by atoms with Crippen molar-refractivity contribution < 1.29 is 0 Å². The molecule has 0 bridgehead atoms. The molecule has 0 heteroatoms. The van der Waals surface area contributed by atoms with Gasteiger partial charge in [-0.1, -0.05) is 176 Å². The summed E-state index contributed by atoms with van der Waals surface area (Å²) >= 11 is 0. The molecular formula is C52H34. The molecule has 0 saturated carbocycles. The highest BCUT2D eigenvalue weighted by Gasteiger charge is 2.17. The summed E-state index contributed by atoms with van der Waals surface area (Å²) in [5, 5.41) is 10.1. The Hall–Kier alpha value is -6.76. The summed E-state index contributed by atoms with van der Waals surface area (Å²) in [4.78, 5) is 0. The van der Waals surface area contributed by atoms with E-state index < -0.39 is 0 Å². The molecule has 0 spiro atoms. The normalized spacial score (nSPS) is 11.5. The van der Waals surface area contributed by atoms with Gasteiger partial charge < -0.3 is 0 Å². The number of hydrogen-bond acceptors (Lipinski definition) is 0. The van der Waals surface area contributed by atoms with Crippen LogP contribution in [0.1, 0.15) is 0 Å². The highest BCUT2D eigenvalue weighted by Crippen LogP contribution is 2.44. The summed E-state index contributed by atoms with van der Waals surface area (Å²) in [6.45, 7) is 0. The molecule has 0 radical (unpaired) electrons. The topological polar surface area (TPSA) is 0 Å². The number of fused-ring (bicyclic) bond motifs is 6. The third-order valence-electron chi connectivity index (χ3n) is 10.6. The fourth-order valence-electron chi connectivity index (χ4n) is 7.98.